The van der Waals surface area contributed by atoms with Crippen LogP contribution in [0.15, 0.2) is 29.1 Å². The van der Waals surface area contributed by atoms with Gasteiger partial charge in [0.05, 0.1) is 24.1 Å². The average molecular weight is 314 g/mol. The van der Waals surface area contributed by atoms with E-state index >= 15 is 0 Å². The lowest BCUT2D eigenvalue weighted by atomic mass is 10.1. The van der Waals surface area contributed by atoms with Crippen molar-refractivity contribution in [1.82, 2.24) is 14.9 Å². The van der Waals surface area contributed by atoms with Crippen molar-refractivity contribution in [1.29, 1.82) is 0 Å². The predicted molar refractivity (Wildman–Crippen MR) is 89.9 cm³/mol. The Hall–Kier alpha value is -1.92. The first kappa shape index (κ1) is 14.7. The molecule has 6 heteroatoms. The molecular weight excluding hydrogens is 292 g/mol. The smallest absolute Gasteiger partial charge is 0.260 e. The van der Waals surface area contributed by atoms with Crippen molar-refractivity contribution in [3.05, 3.63) is 34.6 Å². The zero-order chi connectivity index (χ0) is 15.6. The third kappa shape index (κ3) is 3.09. The van der Waals surface area contributed by atoms with Gasteiger partial charge in [-0.1, -0.05) is 12.1 Å². The molecule has 4 rings (SSSR count). The maximum Gasteiger partial charge on any atom is 0.260 e. The molecule has 2 aromatic rings. The SMILES string of the molecule is O=c1[nH]c(N2CCC(CN3CCOCC3)C2)nc2ccccc12. The minimum atomic E-state index is -0.0535. The average Bonchev–Trinajstić information content (AvgIpc) is 3.04. The summed E-state index contributed by atoms with van der Waals surface area (Å²) in [7, 11) is 0. The molecule has 1 atom stereocenters. The number of para-hydroxylation sites is 1. The highest BCUT2D eigenvalue weighted by Crippen LogP contribution is 2.22. The van der Waals surface area contributed by atoms with Gasteiger partial charge in [0.1, 0.15) is 0 Å². The van der Waals surface area contributed by atoms with Crippen LogP contribution in [-0.4, -0.2) is 60.8 Å². The van der Waals surface area contributed by atoms with Crippen molar-refractivity contribution >= 4 is 16.9 Å². The van der Waals surface area contributed by atoms with Crippen LogP contribution in [0, 0.1) is 5.92 Å². The highest BCUT2D eigenvalue weighted by molar-refractivity contribution is 5.78. The van der Waals surface area contributed by atoms with Crippen molar-refractivity contribution in [3.63, 3.8) is 0 Å². The number of ether oxygens (including phenoxy) is 1. The molecule has 2 aliphatic heterocycles. The summed E-state index contributed by atoms with van der Waals surface area (Å²) < 4.78 is 5.41. The van der Waals surface area contributed by atoms with Crippen LogP contribution in [0.4, 0.5) is 5.95 Å². The van der Waals surface area contributed by atoms with Gasteiger partial charge in [-0.05, 0) is 24.5 Å². The van der Waals surface area contributed by atoms with E-state index in [2.05, 4.69) is 19.8 Å². The lowest BCUT2D eigenvalue weighted by Gasteiger charge is -2.29. The Bertz CT molecular complexity index is 739. The number of nitrogens with one attached hydrogen (secondary N) is 1. The van der Waals surface area contributed by atoms with Gasteiger partial charge in [0.25, 0.3) is 5.56 Å². The van der Waals surface area contributed by atoms with E-state index in [0.29, 0.717) is 17.3 Å². The molecule has 0 spiro atoms. The number of hydrogen-bond acceptors (Lipinski definition) is 5. The molecule has 1 aromatic carbocycles. The first-order valence-corrected chi connectivity index (χ1v) is 8.34. The summed E-state index contributed by atoms with van der Waals surface area (Å²) in [6.07, 6.45) is 1.15. The predicted octanol–water partition coefficient (Wildman–Crippen LogP) is 1.08. The van der Waals surface area contributed by atoms with Gasteiger partial charge in [0, 0.05) is 32.7 Å². The standard InChI is InChI=1S/C17H22N4O2/c22-16-14-3-1-2-4-15(14)18-17(19-16)21-6-5-13(12-21)11-20-7-9-23-10-8-20/h1-4,13H,5-12H2,(H,18,19,22). The summed E-state index contributed by atoms with van der Waals surface area (Å²) in [5.41, 5.74) is 0.713. The van der Waals surface area contributed by atoms with Crippen molar-refractivity contribution in [2.75, 3.05) is 50.8 Å². The quantitative estimate of drug-likeness (QED) is 0.919. The van der Waals surface area contributed by atoms with E-state index in [9.17, 15) is 4.79 Å². The third-order valence-corrected chi connectivity index (χ3v) is 4.81. The number of fused-ring (bicyclic) bond motifs is 1. The van der Waals surface area contributed by atoms with Crippen molar-refractivity contribution in [2.45, 2.75) is 6.42 Å². The zero-order valence-electron chi connectivity index (χ0n) is 13.2. The molecule has 0 saturated carbocycles. The summed E-state index contributed by atoms with van der Waals surface area (Å²) in [6, 6.07) is 7.50. The normalized spacial score (nSPS) is 22.8. The lowest BCUT2D eigenvalue weighted by Crippen LogP contribution is -2.40. The summed E-state index contributed by atoms with van der Waals surface area (Å²) in [4.78, 5) is 24.5. The van der Waals surface area contributed by atoms with Crippen LogP contribution in [0.3, 0.4) is 0 Å². The van der Waals surface area contributed by atoms with E-state index in [0.717, 1.165) is 57.9 Å². The highest BCUT2D eigenvalue weighted by Gasteiger charge is 2.26. The number of benzene rings is 1. The van der Waals surface area contributed by atoms with Gasteiger partial charge in [0.15, 0.2) is 0 Å². The van der Waals surface area contributed by atoms with Gasteiger partial charge >= 0.3 is 0 Å². The van der Waals surface area contributed by atoms with Gasteiger partial charge in [-0.25, -0.2) is 4.98 Å². The molecule has 1 N–H and O–H groups in total. The second kappa shape index (κ2) is 6.29. The fraction of sp³-hybridized carbons (Fsp3) is 0.529. The van der Waals surface area contributed by atoms with E-state index in [1.165, 1.54) is 0 Å². The molecule has 122 valence electrons. The van der Waals surface area contributed by atoms with Gasteiger partial charge in [-0.15, -0.1) is 0 Å². The van der Waals surface area contributed by atoms with Crippen molar-refractivity contribution in [3.8, 4) is 0 Å². The molecule has 0 aliphatic carbocycles. The summed E-state index contributed by atoms with van der Waals surface area (Å²) in [5, 5.41) is 0.653. The molecule has 2 fully saturated rings. The minimum absolute atomic E-state index is 0.0535. The molecule has 23 heavy (non-hydrogen) atoms. The first-order valence-electron chi connectivity index (χ1n) is 8.34. The number of aromatic nitrogens is 2. The van der Waals surface area contributed by atoms with E-state index in [4.69, 9.17) is 4.74 Å². The zero-order valence-corrected chi connectivity index (χ0v) is 13.2. The number of hydrogen-bond donors (Lipinski definition) is 1. The van der Waals surface area contributed by atoms with E-state index in [1.54, 1.807) is 0 Å². The van der Waals surface area contributed by atoms with Gasteiger partial charge < -0.3 is 9.64 Å². The van der Waals surface area contributed by atoms with E-state index in [1.807, 2.05) is 24.3 Å². The maximum atomic E-state index is 12.2. The molecular formula is C17H22N4O2. The second-order valence-corrected chi connectivity index (χ2v) is 6.42. The topological polar surface area (TPSA) is 61.5 Å². The summed E-state index contributed by atoms with van der Waals surface area (Å²) in [5.74, 6) is 1.34. The van der Waals surface area contributed by atoms with Crippen LogP contribution in [0.25, 0.3) is 10.9 Å². The molecule has 2 aliphatic rings. The fourth-order valence-electron chi connectivity index (χ4n) is 3.55. The second-order valence-electron chi connectivity index (χ2n) is 6.42. The van der Waals surface area contributed by atoms with E-state index < -0.39 is 0 Å². The first-order chi connectivity index (χ1) is 11.3. The van der Waals surface area contributed by atoms with Crippen LogP contribution < -0.4 is 10.5 Å². The summed E-state index contributed by atoms with van der Waals surface area (Å²) >= 11 is 0. The Labute approximate surface area is 135 Å². The van der Waals surface area contributed by atoms with Gasteiger partial charge in [-0.3, -0.25) is 14.7 Å². The Morgan fingerprint density at radius 3 is 2.91 bits per heavy atom. The van der Waals surface area contributed by atoms with Crippen LogP contribution >= 0.6 is 0 Å². The van der Waals surface area contributed by atoms with Crippen LogP contribution in [-0.2, 0) is 4.74 Å². The van der Waals surface area contributed by atoms with Gasteiger partial charge in [0.2, 0.25) is 5.95 Å². The van der Waals surface area contributed by atoms with Crippen LogP contribution in [0.1, 0.15) is 6.42 Å². The van der Waals surface area contributed by atoms with Crippen molar-refractivity contribution < 1.29 is 4.74 Å². The Morgan fingerprint density at radius 2 is 2.04 bits per heavy atom. The molecule has 3 heterocycles. The number of rotatable bonds is 3. The van der Waals surface area contributed by atoms with Crippen LogP contribution in [0.2, 0.25) is 0 Å². The molecule has 1 unspecified atom stereocenters. The lowest BCUT2D eigenvalue weighted by molar-refractivity contribution is 0.0320. The molecule has 2 saturated heterocycles. The number of H-pyrrole nitrogens is 1. The highest BCUT2D eigenvalue weighted by atomic mass is 16.5. The Balaban J connectivity index is 1.48. The molecule has 0 radical (unpaired) electrons. The minimum Gasteiger partial charge on any atom is -0.379 e. The van der Waals surface area contributed by atoms with E-state index in [-0.39, 0.29) is 5.56 Å². The largest absolute Gasteiger partial charge is 0.379 e. The molecule has 1 aromatic heterocycles. The summed E-state index contributed by atoms with van der Waals surface area (Å²) in [6.45, 7) is 6.77. The van der Waals surface area contributed by atoms with Gasteiger partial charge in [-0.2, -0.15) is 0 Å². The fourth-order valence-corrected chi connectivity index (χ4v) is 3.55. The number of morpholine rings is 1. The number of nitrogens with zero attached hydrogens (tertiary/aromatic N) is 3. The number of aromatic amines is 1. The Morgan fingerprint density at radius 1 is 1.22 bits per heavy atom. The Kier molecular flexibility index (Phi) is 4.01. The monoisotopic (exact) mass is 314 g/mol. The maximum absolute atomic E-state index is 12.2. The third-order valence-electron chi connectivity index (χ3n) is 4.81. The number of anilines is 1. The van der Waals surface area contributed by atoms with Crippen LogP contribution in [0.5, 0.6) is 0 Å². The molecule has 0 bridgehead atoms. The molecule has 0 amide bonds. The van der Waals surface area contributed by atoms with Crippen molar-refractivity contribution in [2.24, 2.45) is 5.92 Å². The molecule has 6 nitrogen and oxygen atoms in total.